The van der Waals surface area contributed by atoms with E-state index in [2.05, 4.69) is 31.3 Å². The van der Waals surface area contributed by atoms with Crippen molar-refractivity contribution in [3.05, 3.63) is 35.9 Å². The first-order chi connectivity index (χ1) is 7.03. The quantitative estimate of drug-likeness (QED) is 0.803. The fourth-order valence-electron chi connectivity index (χ4n) is 1.73. The molecule has 0 aliphatic carbocycles. The SMILES string of the molecule is CNC(=O)CC(C)(C)Cc1ccccc1. The molecule has 0 spiro atoms. The average molecular weight is 205 g/mol. The summed E-state index contributed by atoms with van der Waals surface area (Å²) in [5.41, 5.74) is 1.30. The molecule has 0 aromatic heterocycles. The van der Waals surface area contributed by atoms with Crippen molar-refractivity contribution in [3.8, 4) is 0 Å². The number of carbonyl (C=O) groups excluding carboxylic acids is 1. The van der Waals surface area contributed by atoms with Gasteiger partial charge in [0.15, 0.2) is 0 Å². The van der Waals surface area contributed by atoms with E-state index in [1.165, 1.54) is 5.56 Å². The molecule has 15 heavy (non-hydrogen) atoms. The Kier molecular flexibility index (Phi) is 3.89. The Labute approximate surface area is 91.7 Å². The van der Waals surface area contributed by atoms with Crippen molar-refractivity contribution in [2.24, 2.45) is 5.41 Å². The maximum Gasteiger partial charge on any atom is 0.220 e. The standard InChI is InChI=1S/C13H19NO/c1-13(2,10-12(15)14-3)9-11-7-5-4-6-8-11/h4-8H,9-10H2,1-3H3,(H,14,15). The fraction of sp³-hybridized carbons (Fsp3) is 0.462. The van der Waals surface area contributed by atoms with Crippen LogP contribution in [0.5, 0.6) is 0 Å². The zero-order valence-corrected chi connectivity index (χ0v) is 9.71. The topological polar surface area (TPSA) is 29.1 Å². The largest absolute Gasteiger partial charge is 0.359 e. The summed E-state index contributed by atoms with van der Waals surface area (Å²) in [6.07, 6.45) is 1.50. The fourth-order valence-corrected chi connectivity index (χ4v) is 1.73. The molecule has 0 bridgehead atoms. The first-order valence-electron chi connectivity index (χ1n) is 5.28. The lowest BCUT2D eigenvalue weighted by atomic mass is 9.82. The van der Waals surface area contributed by atoms with Crippen LogP contribution in [0.25, 0.3) is 0 Å². The Morgan fingerprint density at radius 3 is 2.40 bits per heavy atom. The number of rotatable bonds is 4. The molecule has 2 heteroatoms. The summed E-state index contributed by atoms with van der Waals surface area (Å²) >= 11 is 0. The van der Waals surface area contributed by atoms with Crippen LogP contribution < -0.4 is 5.32 Å². The van der Waals surface area contributed by atoms with E-state index in [1.807, 2.05) is 18.2 Å². The highest BCUT2D eigenvalue weighted by Crippen LogP contribution is 2.25. The Balaban J connectivity index is 2.60. The molecule has 82 valence electrons. The molecule has 1 rings (SSSR count). The van der Waals surface area contributed by atoms with E-state index in [-0.39, 0.29) is 11.3 Å². The summed E-state index contributed by atoms with van der Waals surface area (Å²) in [6, 6.07) is 10.3. The van der Waals surface area contributed by atoms with Crippen molar-refractivity contribution >= 4 is 5.91 Å². The Morgan fingerprint density at radius 2 is 1.87 bits per heavy atom. The Morgan fingerprint density at radius 1 is 1.27 bits per heavy atom. The minimum atomic E-state index is 0.0153. The number of carbonyl (C=O) groups is 1. The normalized spacial score (nSPS) is 11.1. The Bertz CT molecular complexity index is 317. The van der Waals surface area contributed by atoms with Gasteiger partial charge in [-0.25, -0.2) is 0 Å². The first-order valence-corrected chi connectivity index (χ1v) is 5.28. The number of amides is 1. The van der Waals surface area contributed by atoms with Crippen molar-refractivity contribution < 1.29 is 4.79 Å². The third-order valence-electron chi connectivity index (χ3n) is 2.44. The van der Waals surface area contributed by atoms with Crippen molar-refractivity contribution in [1.29, 1.82) is 0 Å². The van der Waals surface area contributed by atoms with Gasteiger partial charge in [0.05, 0.1) is 0 Å². The zero-order chi connectivity index (χ0) is 11.3. The third-order valence-corrected chi connectivity index (χ3v) is 2.44. The molecule has 2 nitrogen and oxygen atoms in total. The number of benzene rings is 1. The molecule has 0 radical (unpaired) electrons. The van der Waals surface area contributed by atoms with Crippen LogP contribution in [-0.2, 0) is 11.2 Å². The van der Waals surface area contributed by atoms with Gasteiger partial charge < -0.3 is 5.32 Å². The molecule has 0 saturated heterocycles. The molecule has 0 heterocycles. The maximum atomic E-state index is 11.3. The van der Waals surface area contributed by atoms with E-state index >= 15 is 0 Å². The lowest BCUT2D eigenvalue weighted by Gasteiger charge is -2.23. The van der Waals surface area contributed by atoms with Gasteiger partial charge in [0, 0.05) is 13.5 Å². The third kappa shape index (κ3) is 4.15. The van der Waals surface area contributed by atoms with E-state index in [1.54, 1.807) is 7.05 Å². The first kappa shape index (κ1) is 11.8. The summed E-state index contributed by atoms with van der Waals surface area (Å²) in [5.74, 6) is 0.107. The van der Waals surface area contributed by atoms with Crippen LogP contribution in [0.1, 0.15) is 25.8 Å². The molecule has 1 N–H and O–H groups in total. The minimum absolute atomic E-state index is 0.0153. The van der Waals surface area contributed by atoms with Gasteiger partial charge in [0.25, 0.3) is 0 Å². The van der Waals surface area contributed by atoms with Gasteiger partial charge in [0.1, 0.15) is 0 Å². The summed E-state index contributed by atoms with van der Waals surface area (Å²) in [6.45, 7) is 4.24. The van der Waals surface area contributed by atoms with Gasteiger partial charge in [0.2, 0.25) is 5.91 Å². The monoisotopic (exact) mass is 205 g/mol. The second-order valence-corrected chi connectivity index (χ2v) is 4.68. The molecule has 1 amide bonds. The highest BCUT2D eigenvalue weighted by atomic mass is 16.1. The van der Waals surface area contributed by atoms with Crippen molar-refractivity contribution in [1.82, 2.24) is 5.32 Å². The van der Waals surface area contributed by atoms with Crippen molar-refractivity contribution in [2.45, 2.75) is 26.7 Å². The van der Waals surface area contributed by atoms with Gasteiger partial charge in [-0.15, -0.1) is 0 Å². The second kappa shape index (κ2) is 4.96. The van der Waals surface area contributed by atoms with Gasteiger partial charge in [-0.3, -0.25) is 4.79 Å². The Hall–Kier alpha value is -1.31. The van der Waals surface area contributed by atoms with E-state index < -0.39 is 0 Å². The van der Waals surface area contributed by atoms with Gasteiger partial charge in [-0.1, -0.05) is 44.2 Å². The van der Waals surface area contributed by atoms with Gasteiger partial charge in [-0.2, -0.15) is 0 Å². The molecule has 0 atom stereocenters. The summed E-state index contributed by atoms with van der Waals surface area (Å²) in [7, 11) is 1.68. The highest BCUT2D eigenvalue weighted by Gasteiger charge is 2.21. The van der Waals surface area contributed by atoms with Crippen LogP contribution in [0.2, 0.25) is 0 Å². The molecule has 0 saturated carbocycles. The number of hydrogen-bond acceptors (Lipinski definition) is 1. The predicted molar refractivity (Wildman–Crippen MR) is 62.6 cm³/mol. The molecule has 1 aromatic carbocycles. The molecule has 1 aromatic rings. The number of hydrogen-bond donors (Lipinski definition) is 1. The summed E-state index contributed by atoms with van der Waals surface area (Å²) in [4.78, 5) is 11.3. The van der Waals surface area contributed by atoms with E-state index in [4.69, 9.17) is 0 Å². The van der Waals surface area contributed by atoms with Gasteiger partial charge >= 0.3 is 0 Å². The van der Waals surface area contributed by atoms with Crippen LogP contribution >= 0.6 is 0 Å². The van der Waals surface area contributed by atoms with E-state index in [0.717, 1.165) is 6.42 Å². The second-order valence-electron chi connectivity index (χ2n) is 4.68. The minimum Gasteiger partial charge on any atom is -0.359 e. The van der Waals surface area contributed by atoms with Gasteiger partial charge in [-0.05, 0) is 17.4 Å². The van der Waals surface area contributed by atoms with Crippen LogP contribution in [-0.4, -0.2) is 13.0 Å². The summed E-state index contributed by atoms with van der Waals surface area (Å²) in [5, 5.41) is 2.67. The molecule has 0 unspecified atom stereocenters. The van der Waals surface area contributed by atoms with Crippen LogP contribution in [0.15, 0.2) is 30.3 Å². The van der Waals surface area contributed by atoms with Crippen molar-refractivity contribution in [2.75, 3.05) is 7.05 Å². The lowest BCUT2D eigenvalue weighted by Crippen LogP contribution is -2.27. The van der Waals surface area contributed by atoms with Crippen LogP contribution in [0.4, 0.5) is 0 Å². The number of nitrogens with one attached hydrogen (secondary N) is 1. The van der Waals surface area contributed by atoms with E-state index in [9.17, 15) is 4.79 Å². The molecule has 0 fully saturated rings. The maximum absolute atomic E-state index is 11.3. The van der Waals surface area contributed by atoms with E-state index in [0.29, 0.717) is 6.42 Å². The highest BCUT2D eigenvalue weighted by molar-refractivity contribution is 5.76. The molecule has 0 aliphatic rings. The smallest absolute Gasteiger partial charge is 0.220 e. The summed E-state index contributed by atoms with van der Waals surface area (Å²) < 4.78 is 0. The molecular formula is C13H19NO. The molecular weight excluding hydrogens is 186 g/mol. The average Bonchev–Trinajstić information content (AvgIpc) is 2.17. The molecule has 0 aliphatic heterocycles. The zero-order valence-electron chi connectivity index (χ0n) is 9.71. The lowest BCUT2D eigenvalue weighted by molar-refractivity contribution is -0.122. The van der Waals surface area contributed by atoms with Crippen LogP contribution in [0.3, 0.4) is 0 Å². The predicted octanol–water partition coefficient (Wildman–Crippen LogP) is 2.39. The van der Waals surface area contributed by atoms with Crippen molar-refractivity contribution in [3.63, 3.8) is 0 Å². The van der Waals surface area contributed by atoms with Crippen LogP contribution in [0, 0.1) is 5.41 Å².